The van der Waals surface area contributed by atoms with Crippen molar-refractivity contribution < 1.29 is 14.6 Å². The van der Waals surface area contributed by atoms with E-state index in [1.807, 2.05) is 48.5 Å². The first-order valence-corrected chi connectivity index (χ1v) is 7.26. The number of anilines is 1. The van der Waals surface area contributed by atoms with Gasteiger partial charge in [-0.05, 0) is 33.6 Å². The first-order chi connectivity index (χ1) is 10.1. The molecule has 0 aliphatic rings. The molecule has 0 amide bonds. The van der Waals surface area contributed by atoms with Crippen LogP contribution in [0.5, 0.6) is 5.75 Å². The molecule has 2 aromatic rings. The number of hydrogen-bond donors (Lipinski definition) is 2. The van der Waals surface area contributed by atoms with Crippen molar-refractivity contribution in [3.05, 3.63) is 58.6 Å². The molecule has 0 aliphatic heterocycles. The SMILES string of the molecule is COc1ccc(Br)c(NCC(C(=O)O)c2ccccc2)c1. The second kappa shape index (κ2) is 7.13. The van der Waals surface area contributed by atoms with Crippen molar-refractivity contribution in [3.8, 4) is 5.75 Å². The number of rotatable bonds is 6. The summed E-state index contributed by atoms with van der Waals surface area (Å²) in [6, 6.07) is 14.7. The molecule has 0 heterocycles. The second-order valence-corrected chi connectivity index (χ2v) is 5.38. The molecule has 0 saturated heterocycles. The van der Waals surface area contributed by atoms with Crippen LogP contribution in [0.4, 0.5) is 5.69 Å². The summed E-state index contributed by atoms with van der Waals surface area (Å²) >= 11 is 3.44. The molecule has 0 spiro atoms. The Hall–Kier alpha value is -2.01. The van der Waals surface area contributed by atoms with Gasteiger partial charge in [0.15, 0.2) is 0 Å². The maximum Gasteiger partial charge on any atom is 0.312 e. The molecule has 0 bridgehead atoms. The van der Waals surface area contributed by atoms with E-state index in [0.29, 0.717) is 12.3 Å². The summed E-state index contributed by atoms with van der Waals surface area (Å²) in [5, 5.41) is 12.6. The lowest BCUT2D eigenvalue weighted by atomic mass is 9.99. The number of carbonyl (C=O) groups is 1. The Morgan fingerprint density at radius 1 is 1.29 bits per heavy atom. The normalized spacial score (nSPS) is 11.7. The number of aliphatic carboxylic acids is 1. The molecule has 0 fully saturated rings. The van der Waals surface area contributed by atoms with Crippen molar-refractivity contribution in [2.24, 2.45) is 0 Å². The summed E-state index contributed by atoms with van der Waals surface area (Å²) in [5.74, 6) is -0.746. The highest BCUT2D eigenvalue weighted by atomic mass is 79.9. The molecule has 2 rings (SSSR count). The maximum absolute atomic E-state index is 11.5. The smallest absolute Gasteiger partial charge is 0.312 e. The van der Waals surface area contributed by atoms with Gasteiger partial charge in [-0.25, -0.2) is 0 Å². The first kappa shape index (κ1) is 15.4. The minimum atomic E-state index is -0.854. The lowest BCUT2D eigenvalue weighted by Gasteiger charge is -2.16. The average Bonchev–Trinajstić information content (AvgIpc) is 2.50. The van der Waals surface area contributed by atoms with E-state index in [9.17, 15) is 9.90 Å². The molecule has 2 N–H and O–H groups in total. The summed E-state index contributed by atoms with van der Waals surface area (Å²) < 4.78 is 6.03. The Labute approximate surface area is 131 Å². The van der Waals surface area contributed by atoms with Crippen LogP contribution in [0, 0.1) is 0 Å². The number of hydrogen-bond acceptors (Lipinski definition) is 3. The minimum Gasteiger partial charge on any atom is -0.497 e. The number of nitrogens with one attached hydrogen (secondary N) is 1. The highest BCUT2D eigenvalue weighted by Gasteiger charge is 2.19. The fraction of sp³-hybridized carbons (Fsp3) is 0.188. The monoisotopic (exact) mass is 349 g/mol. The van der Waals surface area contributed by atoms with E-state index in [2.05, 4.69) is 21.2 Å². The van der Waals surface area contributed by atoms with Crippen molar-refractivity contribution in [2.75, 3.05) is 19.0 Å². The predicted molar refractivity (Wildman–Crippen MR) is 86.0 cm³/mol. The molecule has 5 heteroatoms. The van der Waals surface area contributed by atoms with Gasteiger partial charge in [0.1, 0.15) is 5.75 Å². The number of carboxylic acids is 1. The zero-order valence-electron chi connectivity index (χ0n) is 11.5. The van der Waals surface area contributed by atoms with Gasteiger partial charge in [0.2, 0.25) is 0 Å². The third-order valence-corrected chi connectivity index (χ3v) is 3.86. The van der Waals surface area contributed by atoms with Crippen molar-refractivity contribution in [3.63, 3.8) is 0 Å². The summed E-state index contributed by atoms with van der Waals surface area (Å²) in [5.41, 5.74) is 1.58. The van der Waals surface area contributed by atoms with Crippen molar-refractivity contribution in [1.82, 2.24) is 0 Å². The molecule has 0 radical (unpaired) electrons. The molecule has 0 aromatic heterocycles. The Morgan fingerprint density at radius 3 is 2.62 bits per heavy atom. The molecule has 2 aromatic carbocycles. The lowest BCUT2D eigenvalue weighted by Crippen LogP contribution is -2.21. The van der Waals surface area contributed by atoms with Crippen LogP contribution in [0.25, 0.3) is 0 Å². The summed E-state index contributed by atoms with van der Waals surface area (Å²) in [4.78, 5) is 11.5. The maximum atomic E-state index is 11.5. The molecule has 110 valence electrons. The molecular formula is C16H16BrNO3. The predicted octanol–water partition coefficient (Wildman–Crippen LogP) is 3.74. The quantitative estimate of drug-likeness (QED) is 0.833. The molecule has 1 atom stereocenters. The van der Waals surface area contributed by atoms with Crippen molar-refractivity contribution in [1.29, 1.82) is 0 Å². The van der Waals surface area contributed by atoms with Gasteiger partial charge in [-0.1, -0.05) is 30.3 Å². The van der Waals surface area contributed by atoms with Crippen LogP contribution in [0.2, 0.25) is 0 Å². The third kappa shape index (κ3) is 3.98. The van der Waals surface area contributed by atoms with Crippen LogP contribution < -0.4 is 10.1 Å². The van der Waals surface area contributed by atoms with Gasteiger partial charge in [0.25, 0.3) is 0 Å². The van der Waals surface area contributed by atoms with Gasteiger partial charge in [-0.3, -0.25) is 4.79 Å². The van der Waals surface area contributed by atoms with Gasteiger partial charge < -0.3 is 15.2 Å². The molecular weight excluding hydrogens is 334 g/mol. The van der Waals surface area contributed by atoms with Gasteiger partial charge in [0.05, 0.1) is 18.7 Å². The standard InChI is InChI=1S/C16H16BrNO3/c1-21-12-7-8-14(17)15(9-12)18-10-13(16(19)20)11-5-3-2-4-6-11/h2-9,13,18H,10H2,1H3,(H,19,20). The fourth-order valence-corrected chi connectivity index (χ4v) is 2.40. The zero-order valence-corrected chi connectivity index (χ0v) is 13.1. The number of methoxy groups -OCH3 is 1. The van der Waals surface area contributed by atoms with Crippen LogP contribution >= 0.6 is 15.9 Å². The topological polar surface area (TPSA) is 58.6 Å². The Balaban J connectivity index is 2.14. The molecule has 4 nitrogen and oxygen atoms in total. The molecule has 21 heavy (non-hydrogen) atoms. The van der Waals surface area contributed by atoms with Crippen LogP contribution in [-0.2, 0) is 4.79 Å². The van der Waals surface area contributed by atoms with Gasteiger partial charge in [0, 0.05) is 17.1 Å². The van der Waals surface area contributed by atoms with Crippen LogP contribution in [-0.4, -0.2) is 24.7 Å². The Bertz CT molecular complexity index is 616. The van der Waals surface area contributed by atoms with E-state index >= 15 is 0 Å². The molecule has 1 unspecified atom stereocenters. The third-order valence-electron chi connectivity index (χ3n) is 3.17. The van der Waals surface area contributed by atoms with E-state index in [1.54, 1.807) is 7.11 Å². The molecule has 0 saturated carbocycles. The van der Waals surface area contributed by atoms with E-state index < -0.39 is 11.9 Å². The van der Waals surface area contributed by atoms with E-state index in [0.717, 1.165) is 15.7 Å². The van der Waals surface area contributed by atoms with Crippen molar-refractivity contribution >= 4 is 27.6 Å². The van der Waals surface area contributed by atoms with E-state index in [4.69, 9.17) is 4.74 Å². The molecule has 0 aliphatic carbocycles. The van der Waals surface area contributed by atoms with Crippen LogP contribution in [0.3, 0.4) is 0 Å². The second-order valence-electron chi connectivity index (χ2n) is 4.53. The number of carboxylic acid groups (broad SMARTS) is 1. The summed E-state index contributed by atoms with van der Waals surface area (Å²) in [7, 11) is 1.59. The summed E-state index contributed by atoms with van der Waals surface area (Å²) in [6.07, 6.45) is 0. The van der Waals surface area contributed by atoms with Crippen LogP contribution in [0.15, 0.2) is 53.0 Å². The van der Waals surface area contributed by atoms with E-state index in [1.165, 1.54) is 0 Å². The van der Waals surface area contributed by atoms with Crippen molar-refractivity contribution in [2.45, 2.75) is 5.92 Å². The number of ether oxygens (including phenoxy) is 1. The first-order valence-electron chi connectivity index (χ1n) is 6.47. The van der Waals surface area contributed by atoms with Gasteiger partial charge >= 0.3 is 5.97 Å². The fourth-order valence-electron chi connectivity index (χ4n) is 2.01. The largest absolute Gasteiger partial charge is 0.497 e. The van der Waals surface area contributed by atoms with Gasteiger partial charge in [-0.2, -0.15) is 0 Å². The number of benzene rings is 2. The highest BCUT2D eigenvalue weighted by molar-refractivity contribution is 9.10. The Morgan fingerprint density at radius 2 is 2.00 bits per heavy atom. The summed E-state index contributed by atoms with van der Waals surface area (Å²) in [6.45, 7) is 0.297. The van der Waals surface area contributed by atoms with Gasteiger partial charge in [-0.15, -0.1) is 0 Å². The Kier molecular flexibility index (Phi) is 5.22. The average molecular weight is 350 g/mol. The van der Waals surface area contributed by atoms with E-state index in [-0.39, 0.29) is 0 Å². The minimum absolute atomic E-state index is 0.297. The number of halogens is 1. The lowest BCUT2D eigenvalue weighted by molar-refractivity contribution is -0.138. The van der Waals surface area contributed by atoms with Crippen LogP contribution in [0.1, 0.15) is 11.5 Å². The highest BCUT2D eigenvalue weighted by Crippen LogP contribution is 2.28. The zero-order chi connectivity index (χ0) is 15.2.